The molecule has 1 aliphatic rings. The molecule has 43 valence electrons. The van der Waals surface area contributed by atoms with Gasteiger partial charge in [0.15, 0.2) is 0 Å². The van der Waals surface area contributed by atoms with Gasteiger partial charge in [-0.2, -0.15) is 10.2 Å². The molecule has 1 aromatic heterocycles. The zero-order valence-corrected chi connectivity index (χ0v) is 4.52. The van der Waals surface area contributed by atoms with E-state index in [1.165, 1.54) is 0 Å². The third-order valence-corrected chi connectivity index (χ3v) is 1.08. The van der Waals surface area contributed by atoms with E-state index in [0.717, 1.165) is 5.56 Å². The zero-order valence-electron chi connectivity index (χ0n) is 4.52. The first-order valence-electron chi connectivity index (χ1n) is 2.52. The Balaban J connectivity index is 2.63. The first kappa shape index (κ1) is 4.43. The molecule has 1 aliphatic heterocycles. The quantitative estimate of drug-likeness (QED) is 0.485. The van der Waals surface area contributed by atoms with E-state index in [1.54, 1.807) is 12.4 Å². The highest BCUT2D eigenvalue weighted by atomic mass is 15.4. The molecule has 2 rings (SSSR count). The van der Waals surface area contributed by atoms with E-state index < -0.39 is 0 Å². The maximum Gasteiger partial charge on any atom is 0.205 e. The van der Waals surface area contributed by atoms with E-state index in [1.807, 2.05) is 6.07 Å². The second-order valence-electron chi connectivity index (χ2n) is 1.65. The van der Waals surface area contributed by atoms with Gasteiger partial charge in [-0.3, -0.25) is 0 Å². The molecule has 0 saturated carbocycles. The molecular formula is C5H3N4. The zero-order chi connectivity index (χ0) is 6.10. The Morgan fingerprint density at radius 2 is 2.33 bits per heavy atom. The Morgan fingerprint density at radius 3 is 3.22 bits per heavy atom. The summed E-state index contributed by atoms with van der Waals surface area (Å²) in [6, 6.07) is 1.82. The summed E-state index contributed by atoms with van der Waals surface area (Å²) in [5, 5.41) is 11.0. The van der Waals surface area contributed by atoms with Crippen LogP contribution < -0.4 is 5.43 Å². The van der Waals surface area contributed by atoms with Crippen molar-refractivity contribution in [1.82, 2.24) is 15.6 Å². The van der Waals surface area contributed by atoms with E-state index in [2.05, 4.69) is 20.7 Å². The Morgan fingerprint density at radius 1 is 1.33 bits per heavy atom. The summed E-state index contributed by atoms with van der Waals surface area (Å²) in [5.74, 6) is 0.609. The van der Waals surface area contributed by atoms with Crippen molar-refractivity contribution in [3.05, 3.63) is 17.8 Å². The van der Waals surface area contributed by atoms with Gasteiger partial charge in [-0.1, -0.05) is 0 Å². The van der Waals surface area contributed by atoms with Crippen LogP contribution in [0.4, 0.5) is 5.82 Å². The summed E-state index contributed by atoms with van der Waals surface area (Å²) in [7, 11) is 0. The minimum Gasteiger partial charge on any atom is -0.157 e. The number of rotatable bonds is 0. The fourth-order valence-corrected chi connectivity index (χ4v) is 0.658. The molecule has 1 radical (unpaired) electrons. The molecule has 4 heteroatoms. The average molecular weight is 119 g/mol. The van der Waals surface area contributed by atoms with Crippen LogP contribution in [0.25, 0.3) is 0 Å². The lowest BCUT2D eigenvalue weighted by Gasteiger charge is -1.87. The monoisotopic (exact) mass is 119 g/mol. The Hall–Kier alpha value is -1.45. The van der Waals surface area contributed by atoms with Crippen molar-refractivity contribution in [2.45, 2.75) is 0 Å². The molecule has 0 spiro atoms. The summed E-state index contributed by atoms with van der Waals surface area (Å²) in [6.45, 7) is 0. The molecule has 9 heavy (non-hydrogen) atoms. The van der Waals surface area contributed by atoms with Crippen LogP contribution in [0.5, 0.6) is 0 Å². The van der Waals surface area contributed by atoms with Crippen molar-refractivity contribution < 1.29 is 0 Å². The van der Waals surface area contributed by atoms with Gasteiger partial charge in [0.2, 0.25) is 5.82 Å². The molecular weight excluding hydrogens is 116 g/mol. The van der Waals surface area contributed by atoms with Crippen molar-refractivity contribution in [1.29, 1.82) is 0 Å². The largest absolute Gasteiger partial charge is 0.205 e. The fourth-order valence-electron chi connectivity index (χ4n) is 0.658. The lowest BCUT2D eigenvalue weighted by Crippen LogP contribution is -1.88. The number of hydrogen-bond acceptors (Lipinski definition) is 3. The van der Waals surface area contributed by atoms with Gasteiger partial charge in [0.05, 0.1) is 12.4 Å². The lowest BCUT2D eigenvalue weighted by molar-refractivity contribution is 0.897. The van der Waals surface area contributed by atoms with Crippen LogP contribution in [0.3, 0.4) is 0 Å². The van der Waals surface area contributed by atoms with Gasteiger partial charge in [-0.15, -0.1) is 10.5 Å². The van der Waals surface area contributed by atoms with Crippen LogP contribution in [0.1, 0.15) is 5.56 Å². The molecule has 0 bridgehead atoms. The molecule has 0 unspecified atom stereocenters. The summed E-state index contributed by atoms with van der Waals surface area (Å²) in [5.41, 5.74) is 4.63. The molecule has 2 heterocycles. The second kappa shape index (κ2) is 1.51. The van der Waals surface area contributed by atoms with Crippen LogP contribution in [-0.4, -0.2) is 16.4 Å². The SMILES string of the molecule is C1=N[N]c2nnccc21. The number of fused-ring (bicyclic) bond motifs is 1. The molecule has 1 aromatic rings. The van der Waals surface area contributed by atoms with Gasteiger partial charge in [-0.25, -0.2) is 0 Å². The molecule has 0 fully saturated rings. The normalized spacial score (nSPS) is 12.9. The molecule has 0 atom stereocenters. The highest BCUT2D eigenvalue weighted by Gasteiger charge is 2.06. The smallest absolute Gasteiger partial charge is 0.157 e. The van der Waals surface area contributed by atoms with Crippen LogP contribution >= 0.6 is 0 Å². The predicted octanol–water partition coefficient (Wildman–Crippen LogP) is 0.0600. The highest BCUT2D eigenvalue weighted by Crippen LogP contribution is 2.11. The van der Waals surface area contributed by atoms with E-state index in [-0.39, 0.29) is 0 Å². The van der Waals surface area contributed by atoms with Crippen LogP contribution in [-0.2, 0) is 0 Å². The molecule has 0 saturated heterocycles. The minimum absolute atomic E-state index is 0.609. The lowest BCUT2D eigenvalue weighted by atomic mass is 10.3. The maximum absolute atomic E-state index is 3.72. The number of aromatic nitrogens is 2. The van der Waals surface area contributed by atoms with Gasteiger partial charge < -0.3 is 0 Å². The Labute approximate surface area is 51.6 Å². The molecule has 0 amide bonds. The third kappa shape index (κ3) is 0.561. The van der Waals surface area contributed by atoms with Crippen molar-refractivity contribution in [3.63, 3.8) is 0 Å². The number of hydrogen-bond donors (Lipinski definition) is 0. The predicted molar refractivity (Wildman–Crippen MR) is 31.4 cm³/mol. The fraction of sp³-hybridized carbons (Fsp3) is 0. The maximum atomic E-state index is 3.72. The first-order chi connectivity index (χ1) is 4.47. The Bertz CT molecular complexity index is 255. The summed E-state index contributed by atoms with van der Waals surface area (Å²) < 4.78 is 0. The van der Waals surface area contributed by atoms with Crippen molar-refractivity contribution in [2.75, 3.05) is 0 Å². The van der Waals surface area contributed by atoms with Crippen molar-refractivity contribution >= 4 is 12.0 Å². The average Bonchev–Trinajstić information content (AvgIpc) is 2.33. The molecule has 0 aliphatic carbocycles. The third-order valence-electron chi connectivity index (χ3n) is 1.08. The second-order valence-corrected chi connectivity index (χ2v) is 1.65. The van der Waals surface area contributed by atoms with Crippen molar-refractivity contribution in [2.24, 2.45) is 5.10 Å². The summed E-state index contributed by atoms with van der Waals surface area (Å²) in [6.07, 6.45) is 3.27. The van der Waals surface area contributed by atoms with Gasteiger partial charge in [0.25, 0.3) is 0 Å². The van der Waals surface area contributed by atoms with Gasteiger partial charge in [0, 0.05) is 5.56 Å². The van der Waals surface area contributed by atoms with E-state index in [9.17, 15) is 0 Å². The van der Waals surface area contributed by atoms with Crippen LogP contribution in [0, 0.1) is 0 Å². The molecule has 0 N–H and O–H groups in total. The topological polar surface area (TPSA) is 52.2 Å². The van der Waals surface area contributed by atoms with Crippen LogP contribution in [0.15, 0.2) is 17.4 Å². The highest BCUT2D eigenvalue weighted by molar-refractivity contribution is 5.87. The van der Waals surface area contributed by atoms with Crippen LogP contribution in [0.2, 0.25) is 0 Å². The summed E-state index contributed by atoms with van der Waals surface area (Å²) in [4.78, 5) is 0. The molecule has 0 aromatic carbocycles. The van der Waals surface area contributed by atoms with E-state index in [4.69, 9.17) is 0 Å². The van der Waals surface area contributed by atoms with Gasteiger partial charge in [-0.05, 0) is 6.07 Å². The molecule has 4 nitrogen and oxygen atoms in total. The van der Waals surface area contributed by atoms with E-state index >= 15 is 0 Å². The first-order valence-corrected chi connectivity index (χ1v) is 2.52. The van der Waals surface area contributed by atoms with Gasteiger partial charge in [0.1, 0.15) is 0 Å². The minimum atomic E-state index is 0.609. The number of nitrogens with zero attached hydrogens (tertiary/aromatic N) is 4. The van der Waals surface area contributed by atoms with E-state index in [0.29, 0.717) is 5.82 Å². The van der Waals surface area contributed by atoms with Crippen molar-refractivity contribution in [3.8, 4) is 0 Å². The standard InChI is InChI=1S/C5H3N4/c1-2-6-8-5-4(1)3-7-9-5/h1-3H. The Kier molecular flexibility index (Phi) is 0.745. The van der Waals surface area contributed by atoms with Gasteiger partial charge >= 0.3 is 0 Å². The summed E-state index contributed by atoms with van der Waals surface area (Å²) >= 11 is 0.